The van der Waals surface area contributed by atoms with E-state index in [9.17, 15) is 5.11 Å². The van der Waals surface area contributed by atoms with Crippen LogP contribution in [0.3, 0.4) is 0 Å². The van der Waals surface area contributed by atoms with Crippen LogP contribution in [-0.4, -0.2) is 10.7 Å². The molecule has 2 heteroatoms. The van der Waals surface area contributed by atoms with Crippen molar-refractivity contribution in [3.8, 4) is 11.5 Å². The van der Waals surface area contributed by atoms with Crippen molar-refractivity contribution < 1.29 is 9.84 Å². The topological polar surface area (TPSA) is 29.5 Å². The predicted molar refractivity (Wildman–Crippen MR) is 72.0 cm³/mol. The van der Waals surface area contributed by atoms with E-state index in [1.54, 1.807) is 6.07 Å². The van der Waals surface area contributed by atoms with Crippen molar-refractivity contribution in [3.05, 3.63) is 35.4 Å². The van der Waals surface area contributed by atoms with Crippen molar-refractivity contribution in [1.29, 1.82) is 0 Å². The number of rotatable bonds is 0. The van der Waals surface area contributed by atoms with Gasteiger partial charge in [0.2, 0.25) is 0 Å². The Labute approximate surface area is 108 Å². The second-order valence-electron chi connectivity index (χ2n) is 6.11. The van der Waals surface area contributed by atoms with Crippen molar-refractivity contribution >= 4 is 0 Å². The van der Waals surface area contributed by atoms with Gasteiger partial charge < -0.3 is 9.84 Å². The molecule has 0 amide bonds. The Kier molecular flexibility index (Phi) is 2.44. The molecule has 96 valence electrons. The largest absolute Gasteiger partial charge is 0.508 e. The minimum atomic E-state index is -0.133. The molecule has 18 heavy (non-hydrogen) atoms. The van der Waals surface area contributed by atoms with E-state index in [0.29, 0.717) is 17.6 Å². The van der Waals surface area contributed by atoms with E-state index in [1.165, 1.54) is 5.57 Å². The highest BCUT2D eigenvalue weighted by Gasteiger charge is 2.43. The number of aromatic hydroxyl groups is 1. The van der Waals surface area contributed by atoms with Crippen LogP contribution >= 0.6 is 0 Å². The Morgan fingerprint density at radius 2 is 2.11 bits per heavy atom. The zero-order valence-electron chi connectivity index (χ0n) is 11.2. The highest BCUT2D eigenvalue weighted by Crippen LogP contribution is 2.50. The van der Waals surface area contributed by atoms with Gasteiger partial charge in [0.15, 0.2) is 0 Å². The third-order valence-electron chi connectivity index (χ3n) is 4.37. The van der Waals surface area contributed by atoms with Crippen LogP contribution in [0.15, 0.2) is 29.8 Å². The van der Waals surface area contributed by atoms with Gasteiger partial charge in [0.25, 0.3) is 0 Å². The molecule has 0 spiro atoms. The number of ether oxygens (including phenoxy) is 1. The van der Waals surface area contributed by atoms with Crippen LogP contribution in [0, 0.1) is 5.92 Å². The van der Waals surface area contributed by atoms with Gasteiger partial charge in [-0.3, -0.25) is 0 Å². The predicted octanol–water partition coefficient (Wildman–Crippen LogP) is 4.00. The molecule has 1 aliphatic carbocycles. The van der Waals surface area contributed by atoms with Gasteiger partial charge in [-0.15, -0.1) is 0 Å². The average molecular weight is 244 g/mol. The fourth-order valence-electron chi connectivity index (χ4n) is 3.40. The molecule has 0 radical (unpaired) electrons. The highest BCUT2D eigenvalue weighted by molar-refractivity contribution is 5.47. The lowest BCUT2D eigenvalue weighted by Gasteiger charge is -2.46. The summed E-state index contributed by atoms with van der Waals surface area (Å²) in [4.78, 5) is 0. The lowest BCUT2D eigenvalue weighted by atomic mass is 9.68. The first kappa shape index (κ1) is 11.6. The molecule has 0 saturated heterocycles. The lowest BCUT2D eigenvalue weighted by Crippen LogP contribution is -2.45. The van der Waals surface area contributed by atoms with Gasteiger partial charge in [-0.05, 0) is 51.8 Å². The van der Waals surface area contributed by atoms with Crippen molar-refractivity contribution in [1.82, 2.24) is 0 Å². The van der Waals surface area contributed by atoms with E-state index < -0.39 is 0 Å². The molecule has 2 atom stereocenters. The molecular weight excluding hydrogens is 224 g/mol. The number of phenolic OH excluding ortho intramolecular Hbond substituents is 1. The Morgan fingerprint density at radius 1 is 1.33 bits per heavy atom. The first-order valence-corrected chi connectivity index (χ1v) is 6.66. The number of allylic oxidation sites excluding steroid dienone is 2. The zero-order chi connectivity index (χ0) is 12.9. The van der Waals surface area contributed by atoms with Crippen molar-refractivity contribution in [3.63, 3.8) is 0 Å². The minimum Gasteiger partial charge on any atom is -0.508 e. The van der Waals surface area contributed by atoms with Crippen LogP contribution in [-0.2, 0) is 0 Å². The maximum atomic E-state index is 9.70. The minimum absolute atomic E-state index is 0.133. The number of fused-ring (bicyclic) bond motifs is 3. The van der Waals surface area contributed by atoms with Crippen molar-refractivity contribution in [2.75, 3.05) is 0 Å². The van der Waals surface area contributed by atoms with Crippen LogP contribution in [0.4, 0.5) is 0 Å². The fraction of sp³-hybridized carbons (Fsp3) is 0.500. The molecule has 1 aromatic carbocycles. The highest BCUT2D eigenvalue weighted by atomic mass is 16.5. The fourth-order valence-corrected chi connectivity index (χ4v) is 3.40. The number of benzene rings is 1. The average Bonchev–Trinajstić information content (AvgIpc) is 2.30. The van der Waals surface area contributed by atoms with E-state index in [4.69, 9.17) is 4.74 Å². The van der Waals surface area contributed by atoms with Gasteiger partial charge in [-0.25, -0.2) is 0 Å². The molecule has 1 N–H and O–H groups in total. The summed E-state index contributed by atoms with van der Waals surface area (Å²) < 4.78 is 6.14. The summed E-state index contributed by atoms with van der Waals surface area (Å²) in [6, 6.07) is 5.45. The Morgan fingerprint density at radius 3 is 2.89 bits per heavy atom. The van der Waals surface area contributed by atoms with Gasteiger partial charge in [-0.1, -0.05) is 11.6 Å². The van der Waals surface area contributed by atoms with E-state index >= 15 is 0 Å². The first-order chi connectivity index (χ1) is 8.47. The maximum Gasteiger partial charge on any atom is 0.124 e. The van der Waals surface area contributed by atoms with E-state index in [1.807, 2.05) is 12.1 Å². The Hall–Kier alpha value is -1.44. The molecule has 3 rings (SSSR count). The molecule has 0 saturated carbocycles. The second kappa shape index (κ2) is 3.78. The Bertz CT molecular complexity index is 514. The molecule has 0 bridgehead atoms. The molecule has 2 nitrogen and oxygen atoms in total. The first-order valence-electron chi connectivity index (χ1n) is 6.66. The van der Waals surface area contributed by atoms with E-state index in [0.717, 1.165) is 24.2 Å². The molecular formula is C16H20O2. The SMILES string of the molecule is CC1=CC2c3cc(O)ccc3OC(C)(C)C2CC1. The van der Waals surface area contributed by atoms with Crippen LogP contribution in [0.25, 0.3) is 0 Å². The zero-order valence-corrected chi connectivity index (χ0v) is 11.2. The quantitative estimate of drug-likeness (QED) is 0.699. The molecule has 0 aromatic heterocycles. The maximum absolute atomic E-state index is 9.70. The number of hydrogen-bond donors (Lipinski definition) is 1. The third kappa shape index (κ3) is 1.71. The van der Waals surface area contributed by atoms with Crippen molar-refractivity contribution in [2.24, 2.45) is 5.92 Å². The summed E-state index contributed by atoms with van der Waals surface area (Å²) in [7, 11) is 0. The van der Waals surface area contributed by atoms with Crippen LogP contribution < -0.4 is 4.74 Å². The number of hydrogen-bond acceptors (Lipinski definition) is 2. The summed E-state index contributed by atoms with van der Waals surface area (Å²) in [5, 5.41) is 9.70. The van der Waals surface area contributed by atoms with Gasteiger partial charge in [0.1, 0.15) is 17.1 Å². The van der Waals surface area contributed by atoms with Gasteiger partial charge >= 0.3 is 0 Å². The standard InChI is InChI=1S/C16H20O2/c1-10-4-6-14-12(8-10)13-9-11(17)5-7-15(13)18-16(14,2)3/h5,7-9,12,14,17H,4,6H2,1-3H3. The molecule has 2 unspecified atom stereocenters. The Balaban J connectivity index is 2.15. The normalized spacial score (nSPS) is 28.7. The summed E-state index contributed by atoms with van der Waals surface area (Å²) in [5.41, 5.74) is 2.45. The molecule has 1 aromatic rings. The third-order valence-corrected chi connectivity index (χ3v) is 4.37. The summed E-state index contributed by atoms with van der Waals surface area (Å²) in [6.45, 7) is 6.55. The van der Waals surface area contributed by atoms with Crippen LogP contribution in [0.1, 0.15) is 45.1 Å². The van der Waals surface area contributed by atoms with Gasteiger partial charge in [0.05, 0.1) is 0 Å². The monoisotopic (exact) mass is 244 g/mol. The summed E-state index contributed by atoms with van der Waals surface area (Å²) in [6.07, 6.45) is 4.67. The van der Waals surface area contributed by atoms with Gasteiger partial charge in [0, 0.05) is 17.4 Å². The summed E-state index contributed by atoms with van der Waals surface area (Å²) >= 11 is 0. The van der Waals surface area contributed by atoms with Gasteiger partial charge in [-0.2, -0.15) is 0 Å². The molecule has 2 aliphatic rings. The second-order valence-corrected chi connectivity index (χ2v) is 6.11. The molecule has 0 fully saturated rings. The van der Waals surface area contributed by atoms with Crippen LogP contribution in [0.5, 0.6) is 11.5 Å². The molecule has 1 heterocycles. The molecule has 1 aliphatic heterocycles. The van der Waals surface area contributed by atoms with Crippen molar-refractivity contribution in [2.45, 2.75) is 45.1 Å². The smallest absolute Gasteiger partial charge is 0.124 e. The number of phenols is 1. The summed E-state index contributed by atoms with van der Waals surface area (Å²) in [5.74, 6) is 2.12. The van der Waals surface area contributed by atoms with E-state index in [-0.39, 0.29) is 5.60 Å². The lowest BCUT2D eigenvalue weighted by molar-refractivity contribution is 0.0115. The van der Waals surface area contributed by atoms with E-state index in [2.05, 4.69) is 26.8 Å². The van der Waals surface area contributed by atoms with Crippen LogP contribution in [0.2, 0.25) is 0 Å².